The van der Waals surface area contributed by atoms with Gasteiger partial charge in [0, 0.05) is 24.5 Å². The summed E-state index contributed by atoms with van der Waals surface area (Å²) in [6, 6.07) is 13.2. The number of halogens is 1. The van der Waals surface area contributed by atoms with Gasteiger partial charge < -0.3 is 15.0 Å². The molecule has 4 rings (SSSR count). The Morgan fingerprint density at radius 2 is 1.84 bits per heavy atom. The molecule has 1 unspecified atom stereocenters. The first-order valence-corrected chi connectivity index (χ1v) is 11.2. The summed E-state index contributed by atoms with van der Waals surface area (Å²) >= 11 is 6.18. The van der Waals surface area contributed by atoms with Crippen LogP contribution in [0.2, 0.25) is 5.02 Å². The lowest BCUT2D eigenvalue weighted by molar-refractivity contribution is -0.117. The number of methoxy groups -OCH3 is 1. The van der Waals surface area contributed by atoms with Gasteiger partial charge in [0.15, 0.2) is 0 Å². The fraction of sp³-hybridized carbons (Fsp3) is 0.417. The molecule has 0 aromatic heterocycles. The summed E-state index contributed by atoms with van der Waals surface area (Å²) in [5.41, 5.74) is 2.22. The lowest BCUT2D eigenvalue weighted by atomic mass is 10.0. The Kier molecular flexibility index (Phi) is 6.78. The molecule has 0 bridgehead atoms. The minimum absolute atomic E-state index is 0.0319. The second-order valence-corrected chi connectivity index (χ2v) is 8.49. The van der Waals surface area contributed by atoms with Gasteiger partial charge in [-0.25, -0.2) is 0 Å². The number of amides is 2. The number of nitrogens with zero attached hydrogens (tertiary/aromatic N) is 2. The second kappa shape index (κ2) is 9.71. The summed E-state index contributed by atoms with van der Waals surface area (Å²) in [4.78, 5) is 29.5. The second-order valence-electron chi connectivity index (χ2n) is 8.05. The number of hydrogen-bond donors (Lipinski definition) is 1. The number of hydrogen-bond acceptors (Lipinski definition) is 4. The highest BCUT2D eigenvalue weighted by Crippen LogP contribution is 2.30. The van der Waals surface area contributed by atoms with Gasteiger partial charge in [-0.2, -0.15) is 0 Å². The molecule has 2 aliphatic rings. The van der Waals surface area contributed by atoms with Gasteiger partial charge >= 0.3 is 0 Å². The first kappa shape index (κ1) is 21.7. The first-order chi connectivity index (χ1) is 15.1. The van der Waals surface area contributed by atoms with Crippen molar-refractivity contribution in [2.75, 3.05) is 38.2 Å². The van der Waals surface area contributed by atoms with Crippen molar-refractivity contribution >= 4 is 29.1 Å². The molecule has 0 spiro atoms. The number of anilines is 1. The molecule has 6 nitrogen and oxygen atoms in total. The molecule has 0 radical (unpaired) electrons. The maximum atomic E-state index is 13.2. The smallest absolute Gasteiger partial charge is 0.253 e. The highest BCUT2D eigenvalue weighted by atomic mass is 35.5. The summed E-state index contributed by atoms with van der Waals surface area (Å²) in [7, 11) is 1.65. The van der Waals surface area contributed by atoms with Gasteiger partial charge in [0.1, 0.15) is 5.75 Å². The summed E-state index contributed by atoms with van der Waals surface area (Å²) in [6.07, 6.45) is 3.63. The molecule has 2 amide bonds. The zero-order chi connectivity index (χ0) is 21.8. The highest BCUT2D eigenvalue weighted by molar-refractivity contribution is 6.31. The highest BCUT2D eigenvalue weighted by Gasteiger charge is 2.28. The normalized spacial score (nSPS) is 17.7. The van der Waals surface area contributed by atoms with Gasteiger partial charge in [-0.1, -0.05) is 23.7 Å². The summed E-state index contributed by atoms with van der Waals surface area (Å²) in [5.74, 6) is 0.655. The van der Waals surface area contributed by atoms with Crippen LogP contribution in [0.5, 0.6) is 5.75 Å². The van der Waals surface area contributed by atoms with E-state index in [1.165, 1.54) is 12.8 Å². The van der Waals surface area contributed by atoms with Gasteiger partial charge in [0.25, 0.3) is 5.91 Å². The Morgan fingerprint density at radius 3 is 2.48 bits per heavy atom. The van der Waals surface area contributed by atoms with Crippen molar-refractivity contribution in [2.45, 2.75) is 31.7 Å². The van der Waals surface area contributed by atoms with Crippen LogP contribution in [-0.2, 0) is 4.79 Å². The maximum absolute atomic E-state index is 13.2. The van der Waals surface area contributed by atoms with Gasteiger partial charge in [-0.3, -0.25) is 14.5 Å². The number of rotatable bonds is 7. The van der Waals surface area contributed by atoms with E-state index in [2.05, 4.69) is 22.3 Å². The Bertz CT molecular complexity index is 942. The summed E-state index contributed by atoms with van der Waals surface area (Å²) in [6.45, 7) is 3.13. The minimum Gasteiger partial charge on any atom is -0.497 e. The van der Waals surface area contributed by atoms with Crippen LogP contribution in [0.1, 0.15) is 47.6 Å². The Hall–Kier alpha value is -2.57. The molecular weight excluding hydrogens is 414 g/mol. The van der Waals surface area contributed by atoms with Crippen LogP contribution in [0.3, 0.4) is 0 Å². The van der Waals surface area contributed by atoms with Crippen molar-refractivity contribution in [1.82, 2.24) is 10.2 Å². The van der Waals surface area contributed by atoms with Crippen molar-refractivity contribution in [3.05, 3.63) is 58.6 Å². The van der Waals surface area contributed by atoms with Crippen molar-refractivity contribution in [2.24, 2.45) is 0 Å². The van der Waals surface area contributed by atoms with Crippen molar-refractivity contribution in [3.63, 3.8) is 0 Å². The molecule has 0 saturated carbocycles. The van der Waals surface area contributed by atoms with E-state index in [0.717, 1.165) is 30.8 Å². The maximum Gasteiger partial charge on any atom is 0.253 e. The van der Waals surface area contributed by atoms with E-state index in [0.29, 0.717) is 35.8 Å². The van der Waals surface area contributed by atoms with Crippen LogP contribution >= 0.6 is 11.6 Å². The first-order valence-electron chi connectivity index (χ1n) is 10.8. The number of nitrogens with one attached hydrogen (secondary N) is 1. The van der Waals surface area contributed by atoms with Crippen LogP contribution in [0.4, 0.5) is 5.69 Å². The molecule has 0 aliphatic carbocycles. The molecule has 164 valence electrons. The zero-order valence-corrected chi connectivity index (χ0v) is 18.5. The van der Waals surface area contributed by atoms with E-state index >= 15 is 0 Å². The number of carbonyl (C=O) groups excluding carboxylic acids is 2. The number of carbonyl (C=O) groups is 2. The average Bonchev–Trinajstić information content (AvgIpc) is 3.46. The van der Waals surface area contributed by atoms with Gasteiger partial charge in [0.05, 0.1) is 24.4 Å². The molecular formula is C24H28ClN3O3. The molecule has 2 aromatic carbocycles. The zero-order valence-electron chi connectivity index (χ0n) is 17.8. The molecule has 2 heterocycles. The lowest BCUT2D eigenvalue weighted by Crippen LogP contribution is -2.37. The fourth-order valence-corrected chi connectivity index (χ4v) is 4.61. The Balaban J connectivity index is 1.53. The molecule has 7 heteroatoms. The van der Waals surface area contributed by atoms with E-state index in [1.807, 2.05) is 12.1 Å². The number of likely N-dealkylation sites (tertiary alicyclic amines) is 1. The molecule has 2 aromatic rings. The number of benzene rings is 2. The van der Waals surface area contributed by atoms with E-state index in [-0.39, 0.29) is 17.9 Å². The number of ether oxygens (including phenoxy) is 1. The van der Waals surface area contributed by atoms with Crippen molar-refractivity contribution in [1.29, 1.82) is 0 Å². The van der Waals surface area contributed by atoms with Crippen LogP contribution in [0.15, 0.2) is 42.5 Å². The van der Waals surface area contributed by atoms with E-state index in [4.69, 9.17) is 16.3 Å². The standard InChI is InChI=1S/C24H28ClN3O3/c1-31-19-9-6-17(7-10-19)22(27-12-2-3-13-27)16-26-24(30)20-11-8-18(25)15-21(20)28-14-4-5-23(28)29/h6-11,15,22H,2-5,12-14,16H2,1H3,(H,26,30). The lowest BCUT2D eigenvalue weighted by Gasteiger charge is -2.28. The van der Waals surface area contributed by atoms with Crippen molar-refractivity contribution < 1.29 is 14.3 Å². The van der Waals surface area contributed by atoms with E-state index in [1.54, 1.807) is 30.2 Å². The Labute approximate surface area is 188 Å². The average molecular weight is 442 g/mol. The molecule has 2 saturated heterocycles. The predicted octanol–water partition coefficient (Wildman–Crippen LogP) is 4.04. The molecule has 1 atom stereocenters. The van der Waals surface area contributed by atoms with Gasteiger partial charge in [0.2, 0.25) is 5.91 Å². The predicted molar refractivity (Wildman–Crippen MR) is 122 cm³/mol. The SMILES string of the molecule is COc1ccc(C(CNC(=O)c2ccc(Cl)cc2N2CCCC2=O)N2CCCC2)cc1. The molecule has 31 heavy (non-hydrogen) atoms. The van der Waals surface area contributed by atoms with Crippen LogP contribution < -0.4 is 15.0 Å². The Morgan fingerprint density at radius 1 is 1.10 bits per heavy atom. The minimum atomic E-state index is -0.191. The van der Waals surface area contributed by atoms with Crippen LogP contribution in [0.25, 0.3) is 0 Å². The van der Waals surface area contributed by atoms with Crippen molar-refractivity contribution in [3.8, 4) is 5.75 Å². The molecule has 2 fully saturated rings. The van der Waals surface area contributed by atoms with Gasteiger partial charge in [-0.15, -0.1) is 0 Å². The monoisotopic (exact) mass is 441 g/mol. The summed E-state index contributed by atoms with van der Waals surface area (Å²) < 4.78 is 5.28. The quantitative estimate of drug-likeness (QED) is 0.704. The largest absolute Gasteiger partial charge is 0.497 e. The molecule has 2 aliphatic heterocycles. The third-order valence-corrected chi connectivity index (χ3v) is 6.34. The van der Waals surface area contributed by atoms with Crippen LogP contribution in [-0.4, -0.2) is 50.0 Å². The topological polar surface area (TPSA) is 61.9 Å². The third-order valence-electron chi connectivity index (χ3n) is 6.11. The van der Waals surface area contributed by atoms with E-state index < -0.39 is 0 Å². The summed E-state index contributed by atoms with van der Waals surface area (Å²) in [5, 5.41) is 3.62. The third kappa shape index (κ3) is 4.86. The van der Waals surface area contributed by atoms with E-state index in [9.17, 15) is 9.59 Å². The molecule has 1 N–H and O–H groups in total. The van der Waals surface area contributed by atoms with Gasteiger partial charge in [-0.05, 0) is 68.2 Å². The fourth-order valence-electron chi connectivity index (χ4n) is 4.44. The van der Waals surface area contributed by atoms with Crippen LogP contribution in [0, 0.1) is 0 Å².